The second-order valence-electron chi connectivity index (χ2n) is 5.19. The van der Waals surface area contributed by atoms with Gasteiger partial charge in [-0.05, 0) is 18.2 Å². The lowest BCUT2D eigenvalue weighted by Gasteiger charge is -2.45. The van der Waals surface area contributed by atoms with Gasteiger partial charge in [-0.2, -0.15) is 5.26 Å². The first kappa shape index (κ1) is 14.5. The molecule has 0 N–H and O–H groups in total. The van der Waals surface area contributed by atoms with E-state index in [4.69, 9.17) is 28.5 Å². The summed E-state index contributed by atoms with van der Waals surface area (Å²) in [6.07, 6.45) is 2.13. The Hall–Kier alpha value is -1.48. The van der Waals surface area contributed by atoms with Crippen molar-refractivity contribution in [1.82, 2.24) is 9.80 Å². The van der Waals surface area contributed by atoms with Gasteiger partial charge in [0.2, 0.25) is 5.91 Å². The van der Waals surface area contributed by atoms with Crippen molar-refractivity contribution in [2.24, 2.45) is 0 Å². The summed E-state index contributed by atoms with van der Waals surface area (Å²) in [4.78, 5) is 18.2. The van der Waals surface area contributed by atoms with Crippen molar-refractivity contribution in [3.05, 3.63) is 28.2 Å². The highest BCUT2D eigenvalue weighted by Gasteiger charge is 2.39. The standard InChI is InChI=1S/C14H14Cl2N4O/c15-11-2-1-10(7-12(11)16)20-6-5-19-4-3-18(9-17)8-13(19)14(20)21/h1-2,7,13H,3-6,8H2. The number of fused-ring (bicyclic) bond motifs is 1. The molecule has 1 aromatic rings. The van der Waals surface area contributed by atoms with Crippen molar-refractivity contribution in [3.63, 3.8) is 0 Å². The van der Waals surface area contributed by atoms with E-state index in [1.54, 1.807) is 28.0 Å². The maximum absolute atomic E-state index is 12.7. The average molecular weight is 325 g/mol. The molecule has 110 valence electrons. The van der Waals surface area contributed by atoms with E-state index in [-0.39, 0.29) is 11.9 Å². The minimum Gasteiger partial charge on any atom is -0.310 e. The van der Waals surface area contributed by atoms with E-state index >= 15 is 0 Å². The van der Waals surface area contributed by atoms with E-state index in [0.29, 0.717) is 29.7 Å². The molecule has 2 fully saturated rings. The molecule has 5 nitrogen and oxygen atoms in total. The minimum absolute atomic E-state index is 0.0135. The van der Waals surface area contributed by atoms with Gasteiger partial charge in [-0.15, -0.1) is 0 Å². The normalized spacial score (nSPS) is 22.9. The molecule has 21 heavy (non-hydrogen) atoms. The molecule has 2 saturated heterocycles. The smallest absolute Gasteiger partial charge is 0.246 e. The Bertz CT molecular complexity index is 615. The molecule has 1 unspecified atom stereocenters. The Morgan fingerprint density at radius 1 is 1.14 bits per heavy atom. The molecule has 0 bridgehead atoms. The molecular weight excluding hydrogens is 311 g/mol. The largest absolute Gasteiger partial charge is 0.310 e. The zero-order valence-corrected chi connectivity index (χ0v) is 12.8. The van der Waals surface area contributed by atoms with Crippen LogP contribution in [0.4, 0.5) is 5.69 Å². The van der Waals surface area contributed by atoms with Crippen LogP contribution < -0.4 is 4.90 Å². The number of halogens is 2. The molecule has 2 aliphatic heterocycles. The molecule has 0 aromatic heterocycles. The summed E-state index contributed by atoms with van der Waals surface area (Å²) in [5.74, 6) is 0.0135. The van der Waals surface area contributed by atoms with Crippen LogP contribution in [0.5, 0.6) is 0 Å². The van der Waals surface area contributed by atoms with Gasteiger partial charge in [0.15, 0.2) is 6.19 Å². The van der Waals surface area contributed by atoms with Crippen LogP contribution in [-0.4, -0.2) is 54.5 Å². The van der Waals surface area contributed by atoms with E-state index < -0.39 is 0 Å². The number of carbonyl (C=O) groups excluding carboxylic acids is 1. The average Bonchev–Trinajstić information content (AvgIpc) is 2.50. The summed E-state index contributed by atoms with van der Waals surface area (Å²) in [6, 6.07) is 4.94. The van der Waals surface area contributed by atoms with Crippen molar-refractivity contribution in [1.29, 1.82) is 5.26 Å². The van der Waals surface area contributed by atoms with Gasteiger partial charge in [0, 0.05) is 31.9 Å². The van der Waals surface area contributed by atoms with Crippen LogP contribution in [0.2, 0.25) is 10.0 Å². The monoisotopic (exact) mass is 324 g/mol. The van der Waals surface area contributed by atoms with Gasteiger partial charge in [0.1, 0.15) is 6.04 Å². The number of carbonyl (C=O) groups is 1. The summed E-state index contributed by atoms with van der Waals surface area (Å²) >= 11 is 12.0. The van der Waals surface area contributed by atoms with Gasteiger partial charge in [0.05, 0.1) is 16.6 Å². The molecule has 0 spiro atoms. The van der Waals surface area contributed by atoms with E-state index in [1.807, 2.05) is 0 Å². The van der Waals surface area contributed by atoms with Crippen molar-refractivity contribution < 1.29 is 4.79 Å². The van der Waals surface area contributed by atoms with Gasteiger partial charge in [0.25, 0.3) is 0 Å². The lowest BCUT2D eigenvalue weighted by atomic mass is 10.1. The van der Waals surface area contributed by atoms with Crippen LogP contribution >= 0.6 is 23.2 Å². The zero-order chi connectivity index (χ0) is 15.0. The highest BCUT2D eigenvalue weighted by Crippen LogP contribution is 2.29. The van der Waals surface area contributed by atoms with E-state index in [0.717, 1.165) is 18.8 Å². The molecule has 2 heterocycles. The fourth-order valence-electron chi connectivity index (χ4n) is 2.84. The number of nitriles is 1. The summed E-state index contributed by atoms with van der Waals surface area (Å²) in [5, 5.41) is 9.93. The minimum atomic E-state index is -0.262. The maximum Gasteiger partial charge on any atom is 0.246 e. The quantitative estimate of drug-likeness (QED) is 0.739. The lowest BCUT2D eigenvalue weighted by molar-refractivity contribution is -0.127. The maximum atomic E-state index is 12.7. The highest BCUT2D eigenvalue weighted by molar-refractivity contribution is 6.42. The van der Waals surface area contributed by atoms with Crippen molar-refractivity contribution in [2.45, 2.75) is 6.04 Å². The van der Waals surface area contributed by atoms with Crippen LogP contribution in [0.3, 0.4) is 0 Å². The molecule has 7 heteroatoms. The van der Waals surface area contributed by atoms with Crippen LogP contribution in [0, 0.1) is 11.5 Å². The number of amides is 1. The Labute approximate surface area is 133 Å². The number of benzene rings is 1. The Morgan fingerprint density at radius 3 is 2.62 bits per heavy atom. The zero-order valence-electron chi connectivity index (χ0n) is 11.3. The predicted molar refractivity (Wildman–Crippen MR) is 81.4 cm³/mol. The Balaban J connectivity index is 1.83. The summed E-state index contributed by atoms with van der Waals surface area (Å²) < 4.78 is 0. The van der Waals surface area contributed by atoms with E-state index in [2.05, 4.69) is 11.1 Å². The van der Waals surface area contributed by atoms with Crippen LogP contribution in [0.1, 0.15) is 0 Å². The lowest BCUT2D eigenvalue weighted by Crippen LogP contribution is -2.64. The topological polar surface area (TPSA) is 50.6 Å². The Kier molecular flexibility index (Phi) is 3.94. The number of rotatable bonds is 1. The van der Waals surface area contributed by atoms with Crippen LogP contribution in [0.15, 0.2) is 18.2 Å². The second kappa shape index (κ2) is 5.72. The number of hydrogen-bond donors (Lipinski definition) is 0. The number of anilines is 1. The van der Waals surface area contributed by atoms with Gasteiger partial charge in [-0.1, -0.05) is 23.2 Å². The van der Waals surface area contributed by atoms with Gasteiger partial charge in [-0.25, -0.2) is 0 Å². The van der Waals surface area contributed by atoms with Gasteiger partial charge >= 0.3 is 0 Å². The van der Waals surface area contributed by atoms with Gasteiger partial charge in [-0.3, -0.25) is 9.69 Å². The molecule has 1 amide bonds. The molecular formula is C14H14Cl2N4O. The van der Waals surface area contributed by atoms with Crippen LogP contribution in [0.25, 0.3) is 0 Å². The SMILES string of the molecule is N#CN1CCN2CCN(c3ccc(Cl)c(Cl)c3)C(=O)C2C1. The molecule has 3 rings (SSSR count). The third-order valence-electron chi connectivity index (χ3n) is 4.01. The summed E-state index contributed by atoms with van der Waals surface area (Å²) in [7, 11) is 0. The highest BCUT2D eigenvalue weighted by atomic mass is 35.5. The van der Waals surface area contributed by atoms with Crippen molar-refractivity contribution in [3.8, 4) is 6.19 Å². The first-order valence-corrected chi connectivity index (χ1v) is 7.51. The van der Waals surface area contributed by atoms with Crippen molar-refractivity contribution >= 4 is 34.8 Å². The third kappa shape index (κ3) is 2.67. The summed E-state index contributed by atoms with van der Waals surface area (Å²) in [6.45, 7) is 3.31. The second-order valence-corrected chi connectivity index (χ2v) is 6.00. The Morgan fingerprint density at radius 2 is 1.90 bits per heavy atom. The molecule has 0 aliphatic carbocycles. The fourth-order valence-corrected chi connectivity index (χ4v) is 3.13. The third-order valence-corrected chi connectivity index (χ3v) is 4.75. The first-order valence-electron chi connectivity index (χ1n) is 6.75. The molecule has 0 radical (unpaired) electrons. The number of piperazine rings is 2. The number of hydrogen-bond acceptors (Lipinski definition) is 4. The summed E-state index contributed by atoms with van der Waals surface area (Å²) in [5.41, 5.74) is 0.753. The molecule has 0 saturated carbocycles. The van der Waals surface area contributed by atoms with E-state index in [1.165, 1.54) is 0 Å². The van der Waals surface area contributed by atoms with Crippen LogP contribution in [-0.2, 0) is 4.79 Å². The van der Waals surface area contributed by atoms with E-state index in [9.17, 15) is 4.79 Å². The number of nitrogens with zero attached hydrogens (tertiary/aromatic N) is 4. The van der Waals surface area contributed by atoms with Gasteiger partial charge < -0.3 is 9.80 Å². The fraction of sp³-hybridized carbons (Fsp3) is 0.429. The molecule has 1 atom stereocenters. The predicted octanol–water partition coefficient (Wildman–Crippen LogP) is 1.81. The van der Waals surface area contributed by atoms with Crippen molar-refractivity contribution in [2.75, 3.05) is 37.6 Å². The molecule has 1 aromatic carbocycles. The molecule has 2 aliphatic rings. The first-order chi connectivity index (χ1) is 10.1.